The number of carbonyl (C=O) groups is 1. The summed E-state index contributed by atoms with van der Waals surface area (Å²) in [5, 5.41) is 0.663. The number of allylic oxidation sites excluding steroid dienone is 1. The summed E-state index contributed by atoms with van der Waals surface area (Å²) in [5.41, 5.74) is 2.58. The Balaban J connectivity index is 1.90. The van der Waals surface area contributed by atoms with Crippen LogP contribution in [0.15, 0.2) is 53.1 Å². The number of ether oxygens (including phenoxy) is 1. The molecular weight excluding hydrogens is 318 g/mol. The van der Waals surface area contributed by atoms with Gasteiger partial charge in [0.25, 0.3) is 5.91 Å². The molecule has 1 aliphatic heterocycles. The van der Waals surface area contributed by atoms with Crippen LogP contribution in [0, 0.1) is 0 Å². The van der Waals surface area contributed by atoms with Gasteiger partial charge >= 0.3 is 0 Å². The lowest BCUT2D eigenvalue weighted by atomic mass is 10.1. The molecule has 22 heavy (non-hydrogen) atoms. The average molecular weight is 332 g/mol. The molecule has 1 aliphatic rings. The maximum absolute atomic E-state index is 12.7. The van der Waals surface area contributed by atoms with E-state index in [0.717, 1.165) is 21.9 Å². The molecule has 2 aromatic rings. The number of halogens is 1. The van der Waals surface area contributed by atoms with Gasteiger partial charge in [-0.15, -0.1) is 0 Å². The zero-order valence-corrected chi connectivity index (χ0v) is 13.7. The lowest BCUT2D eigenvalue weighted by molar-refractivity contribution is 0.0898. The number of carbonyl (C=O) groups excluding carboxylic acids is 1. The number of rotatable bonds is 2. The fourth-order valence-corrected chi connectivity index (χ4v) is 3.44. The van der Waals surface area contributed by atoms with Crippen LogP contribution >= 0.6 is 23.5 Å². The highest BCUT2D eigenvalue weighted by atomic mass is 35.5. The van der Waals surface area contributed by atoms with Gasteiger partial charge in [-0.3, -0.25) is 4.79 Å². The molecule has 0 aromatic heterocycles. The first kappa shape index (κ1) is 15.0. The summed E-state index contributed by atoms with van der Waals surface area (Å²) in [6.07, 6.45) is 1.99. The van der Waals surface area contributed by atoms with Gasteiger partial charge < -0.3 is 4.74 Å². The van der Waals surface area contributed by atoms with E-state index in [0.29, 0.717) is 10.6 Å². The second-order valence-electron chi connectivity index (χ2n) is 4.89. The van der Waals surface area contributed by atoms with E-state index in [1.165, 1.54) is 11.9 Å². The third-order valence-corrected chi connectivity index (χ3v) is 4.79. The average Bonchev–Trinajstić information content (AvgIpc) is 2.54. The lowest BCUT2D eigenvalue weighted by Crippen LogP contribution is -2.24. The summed E-state index contributed by atoms with van der Waals surface area (Å²) < 4.78 is 6.80. The highest BCUT2D eigenvalue weighted by Crippen LogP contribution is 2.38. The van der Waals surface area contributed by atoms with Crippen molar-refractivity contribution in [1.82, 2.24) is 4.31 Å². The summed E-state index contributed by atoms with van der Waals surface area (Å²) in [7, 11) is 1.60. The van der Waals surface area contributed by atoms with Crippen molar-refractivity contribution in [3.63, 3.8) is 0 Å². The van der Waals surface area contributed by atoms with E-state index in [4.69, 9.17) is 16.3 Å². The van der Waals surface area contributed by atoms with E-state index in [9.17, 15) is 4.79 Å². The molecule has 0 saturated carbocycles. The van der Waals surface area contributed by atoms with Crippen LogP contribution in [0.4, 0.5) is 0 Å². The summed E-state index contributed by atoms with van der Waals surface area (Å²) in [5.74, 6) is 0.666. The van der Waals surface area contributed by atoms with Crippen molar-refractivity contribution < 1.29 is 9.53 Å². The Kier molecular flexibility index (Phi) is 4.14. The minimum absolute atomic E-state index is 0.0629. The van der Waals surface area contributed by atoms with E-state index < -0.39 is 0 Å². The Morgan fingerprint density at radius 2 is 1.91 bits per heavy atom. The fraction of sp³-hybridized carbons (Fsp3) is 0.118. The molecule has 2 aromatic carbocycles. The Bertz CT molecular complexity index is 756. The van der Waals surface area contributed by atoms with Crippen molar-refractivity contribution >= 4 is 35.5 Å². The highest BCUT2D eigenvalue weighted by Gasteiger charge is 2.23. The van der Waals surface area contributed by atoms with Gasteiger partial charge in [-0.25, -0.2) is 4.31 Å². The standard InChI is InChI=1S/C17H14ClNO2S/c1-11-9-13-3-6-14(18)10-16(13)22-19(11)17(20)12-4-7-15(21-2)8-5-12/h3-10H,1-2H3. The van der Waals surface area contributed by atoms with Crippen LogP contribution < -0.4 is 4.74 Å². The van der Waals surface area contributed by atoms with Crippen molar-refractivity contribution in [1.29, 1.82) is 0 Å². The topological polar surface area (TPSA) is 29.5 Å². The van der Waals surface area contributed by atoms with E-state index in [1.54, 1.807) is 35.7 Å². The molecule has 0 aliphatic carbocycles. The summed E-state index contributed by atoms with van der Waals surface area (Å²) in [4.78, 5) is 13.7. The van der Waals surface area contributed by atoms with Gasteiger partial charge in [0.05, 0.1) is 7.11 Å². The SMILES string of the molecule is COc1ccc(C(=O)N2Sc3cc(Cl)ccc3C=C2C)cc1. The first-order chi connectivity index (χ1) is 10.6. The molecule has 3 nitrogen and oxygen atoms in total. The molecule has 0 saturated heterocycles. The monoisotopic (exact) mass is 331 g/mol. The molecule has 1 heterocycles. The number of hydrogen-bond acceptors (Lipinski definition) is 3. The van der Waals surface area contributed by atoms with Crippen LogP contribution in [0.3, 0.4) is 0 Å². The number of hydrogen-bond donors (Lipinski definition) is 0. The second-order valence-corrected chi connectivity index (χ2v) is 6.31. The first-order valence-electron chi connectivity index (χ1n) is 6.73. The van der Waals surface area contributed by atoms with Crippen molar-refractivity contribution in [3.8, 4) is 5.75 Å². The molecular formula is C17H14ClNO2S. The number of nitrogens with zero attached hydrogens (tertiary/aromatic N) is 1. The third-order valence-electron chi connectivity index (χ3n) is 3.37. The van der Waals surface area contributed by atoms with Gasteiger partial charge in [0.1, 0.15) is 5.75 Å². The predicted molar refractivity (Wildman–Crippen MR) is 90.1 cm³/mol. The van der Waals surface area contributed by atoms with Crippen LogP contribution in [0.2, 0.25) is 5.02 Å². The van der Waals surface area contributed by atoms with E-state index in [-0.39, 0.29) is 5.91 Å². The highest BCUT2D eigenvalue weighted by molar-refractivity contribution is 7.97. The smallest absolute Gasteiger partial charge is 0.268 e. The van der Waals surface area contributed by atoms with Gasteiger partial charge in [-0.05, 0) is 66.9 Å². The fourth-order valence-electron chi connectivity index (χ4n) is 2.21. The molecule has 0 fully saturated rings. The quantitative estimate of drug-likeness (QED) is 0.735. The van der Waals surface area contributed by atoms with Gasteiger partial charge in [0.2, 0.25) is 0 Å². The lowest BCUT2D eigenvalue weighted by Gasteiger charge is -2.27. The molecule has 1 amide bonds. The minimum atomic E-state index is -0.0629. The molecule has 0 N–H and O–H groups in total. The van der Waals surface area contributed by atoms with Crippen molar-refractivity contribution in [3.05, 3.63) is 64.3 Å². The number of methoxy groups -OCH3 is 1. The number of amides is 1. The van der Waals surface area contributed by atoms with Crippen molar-refractivity contribution in [2.24, 2.45) is 0 Å². The second kappa shape index (κ2) is 6.07. The number of benzene rings is 2. The maximum Gasteiger partial charge on any atom is 0.268 e. The Labute approximate surface area is 138 Å². The van der Waals surface area contributed by atoms with E-state index in [1.807, 2.05) is 31.2 Å². The van der Waals surface area contributed by atoms with Crippen molar-refractivity contribution in [2.45, 2.75) is 11.8 Å². The molecule has 5 heteroatoms. The summed E-state index contributed by atoms with van der Waals surface area (Å²) in [6, 6.07) is 12.8. The van der Waals surface area contributed by atoms with Crippen LogP contribution in [0.5, 0.6) is 5.75 Å². The van der Waals surface area contributed by atoms with Crippen LogP contribution in [0.1, 0.15) is 22.8 Å². The molecule has 0 atom stereocenters. The van der Waals surface area contributed by atoms with E-state index >= 15 is 0 Å². The van der Waals surface area contributed by atoms with Crippen LogP contribution in [-0.4, -0.2) is 17.3 Å². The van der Waals surface area contributed by atoms with Crippen molar-refractivity contribution in [2.75, 3.05) is 7.11 Å². The zero-order chi connectivity index (χ0) is 15.7. The Morgan fingerprint density at radius 1 is 1.18 bits per heavy atom. The normalized spacial score (nSPS) is 13.4. The molecule has 0 bridgehead atoms. The van der Waals surface area contributed by atoms with Gasteiger partial charge in [-0.1, -0.05) is 17.7 Å². The predicted octanol–water partition coefficient (Wildman–Crippen LogP) is 4.87. The molecule has 0 unspecified atom stereocenters. The molecule has 112 valence electrons. The number of fused-ring (bicyclic) bond motifs is 1. The third kappa shape index (κ3) is 2.85. The van der Waals surface area contributed by atoms with Gasteiger partial charge in [-0.2, -0.15) is 0 Å². The van der Waals surface area contributed by atoms with E-state index in [2.05, 4.69) is 0 Å². The summed E-state index contributed by atoms with van der Waals surface area (Å²) in [6.45, 7) is 1.92. The largest absolute Gasteiger partial charge is 0.497 e. The molecule has 0 spiro atoms. The van der Waals surface area contributed by atoms with Crippen LogP contribution in [-0.2, 0) is 0 Å². The molecule has 3 rings (SSSR count). The van der Waals surface area contributed by atoms with Crippen LogP contribution in [0.25, 0.3) is 6.08 Å². The van der Waals surface area contributed by atoms with Gasteiger partial charge in [0.15, 0.2) is 0 Å². The Morgan fingerprint density at radius 3 is 2.59 bits per heavy atom. The summed E-state index contributed by atoms with van der Waals surface area (Å²) >= 11 is 7.43. The minimum Gasteiger partial charge on any atom is -0.497 e. The Hall–Kier alpha value is -1.91. The molecule has 0 radical (unpaired) electrons. The first-order valence-corrected chi connectivity index (χ1v) is 7.88. The maximum atomic E-state index is 12.7. The van der Waals surface area contributed by atoms with Gasteiger partial charge in [0, 0.05) is 21.2 Å². The zero-order valence-electron chi connectivity index (χ0n) is 12.2.